The van der Waals surface area contributed by atoms with E-state index >= 15 is 0 Å². The van der Waals surface area contributed by atoms with E-state index in [0.717, 1.165) is 25.7 Å². The van der Waals surface area contributed by atoms with Crippen molar-refractivity contribution < 1.29 is 14.3 Å². The van der Waals surface area contributed by atoms with Crippen LogP contribution in [0.5, 0.6) is 0 Å². The molecular weight excluding hydrogens is 408 g/mol. The van der Waals surface area contributed by atoms with Crippen LogP contribution in [-0.4, -0.2) is 29.7 Å². The Morgan fingerprint density at radius 1 is 0.909 bits per heavy atom. The summed E-state index contributed by atoms with van der Waals surface area (Å²) in [7, 11) is 0. The lowest BCUT2D eigenvalue weighted by Gasteiger charge is -2.68. The Hall–Kier alpha value is -0.670. The maximum atomic E-state index is 12.9. The molecule has 2 heterocycles. The van der Waals surface area contributed by atoms with Crippen LogP contribution in [-0.2, 0) is 14.3 Å². The van der Waals surface area contributed by atoms with Crippen molar-refractivity contribution in [3.05, 3.63) is 11.1 Å². The maximum Gasteiger partial charge on any atom is 0.138 e. The third-order valence-corrected chi connectivity index (χ3v) is 12.5. The third kappa shape index (κ3) is 2.73. The van der Waals surface area contributed by atoms with Gasteiger partial charge in [-0.05, 0) is 98.4 Å². The van der Waals surface area contributed by atoms with Gasteiger partial charge >= 0.3 is 0 Å². The summed E-state index contributed by atoms with van der Waals surface area (Å²) in [5, 5.41) is 0. The maximum absolute atomic E-state index is 12.9. The van der Waals surface area contributed by atoms with Crippen molar-refractivity contribution in [2.24, 2.45) is 39.4 Å². The number of ether oxygens (including phenoxy) is 2. The number of fused-ring (bicyclic) bond motifs is 6. The first-order valence-corrected chi connectivity index (χ1v) is 13.9. The van der Waals surface area contributed by atoms with Crippen molar-refractivity contribution in [3.63, 3.8) is 0 Å². The molecule has 3 saturated carbocycles. The molecule has 33 heavy (non-hydrogen) atoms. The SMILES string of the molecule is CC1CC(C2OC2(C)C)OC2CC3(C)C(=C12)CCC1C2(C)CCC(=O)C(C)(C)C2CCC13C. The topological polar surface area (TPSA) is 38.8 Å². The summed E-state index contributed by atoms with van der Waals surface area (Å²) in [4.78, 5) is 12.9. The van der Waals surface area contributed by atoms with Crippen molar-refractivity contribution in [2.45, 2.75) is 131 Å². The highest BCUT2D eigenvalue weighted by molar-refractivity contribution is 5.85. The smallest absolute Gasteiger partial charge is 0.138 e. The van der Waals surface area contributed by atoms with E-state index in [2.05, 4.69) is 55.4 Å². The van der Waals surface area contributed by atoms with Gasteiger partial charge in [0.25, 0.3) is 0 Å². The van der Waals surface area contributed by atoms with Crippen molar-refractivity contribution >= 4 is 5.78 Å². The summed E-state index contributed by atoms with van der Waals surface area (Å²) in [6, 6.07) is 0. The van der Waals surface area contributed by atoms with Crippen LogP contribution in [0.3, 0.4) is 0 Å². The summed E-state index contributed by atoms with van der Waals surface area (Å²) in [6.07, 6.45) is 9.91. The summed E-state index contributed by atoms with van der Waals surface area (Å²) in [5.41, 5.74) is 4.04. The van der Waals surface area contributed by atoms with E-state index in [1.54, 1.807) is 11.1 Å². The van der Waals surface area contributed by atoms with Crippen LogP contribution in [0.2, 0.25) is 0 Å². The fourth-order valence-electron chi connectivity index (χ4n) is 10.6. The van der Waals surface area contributed by atoms with E-state index in [9.17, 15) is 4.79 Å². The monoisotopic (exact) mass is 454 g/mol. The molecule has 0 aromatic heterocycles. The standard InChI is InChI=1S/C30H46O3/c1-17-15-19(25-27(4,5)33-25)32-20-16-30(8)18(24(17)20)9-10-22-28(6)13-12-23(31)26(2,3)21(28)11-14-29(22,30)7/h17,19-22,25H,9-16H2,1-8H3. The molecule has 9 unspecified atom stereocenters. The zero-order valence-electron chi connectivity index (χ0n) is 22.3. The largest absolute Gasteiger partial charge is 0.368 e. The van der Waals surface area contributed by atoms with Gasteiger partial charge in [-0.1, -0.05) is 47.1 Å². The summed E-state index contributed by atoms with van der Waals surface area (Å²) < 4.78 is 12.9. The molecule has 3 nitrogen and oxygen atoms in total. The zero-order chi connectivity index (χ0) is 23.8. The van der Waals surface area contributed by atoms with Gasteiger partial charge in [0.2, 0.25) is 0 Å². The molecule has 0 aromatic carbocycles. The van der Waals surface area contributed by atoms with Crippen LogP contribution in [0.1, 0.15) is 107 Å². The van der Waals surface area contributed by atoms with Gasteiger partial charge in [0.05, 0.1) is 17.8 Å². The summed E-state index contributed by atoms with van der Waals surface area (Å²) >= 11 is 0. The fraction of sp³-hybridized carbons (Fsp3) is 0.900. The van der Waals surface area contributed by atoms with Gasteiger partial charge in [0, 0.05) is 11.8 Å². The molecule has 2 aliphatic heterocycles. The lowest BCUT2D eigenvalue weighted by molar-refractivity contribution is -0.183. The van der Waals surface area contributed by atoms with Crippen molar-refractivity contribution in [3.8, 4) is 0 Å². The Morgan fingerprint density at radius 2 is 1.61 bits per heavy atom. The van der Waals surface area contributed by atoms with E-state index in [1.165, 1.54) is 25.7 Å². The van der Waals surface area contributed by atoms with Crippen LogP contribution in [0.15, 0.2) is 11.1 Å². The Balaban J connectivity index is 1.35. The van der Waals surface area contributed by atoms with E-state index in [-0.39, 0.29) is 40.2 Å². The van der Waals surface area contributed by atoms with Crippen molar-refractivity contribution in [1.29, 1.82) is 0 Å². The first kappa shape index (κ1) is 22.8. The van der Waals surface area contributed by atoms with Crippen molar-refractivity contribution in [2.75, 3.05) is 0 Å². The first-order chi connectivity index (χ1) is 15.3. The number of hydrogen-bond acceptors (Lipinski definition) is 3. The highest BCUT2D eigenvalue weighted by Gasteiger charge is 2.68. The Morgan fingerprint density at radius 3 is 2.27 bits per heavy atom. The number of allylic oxidation sites excluding steroid dienone is 1. The predicted molar refractivity (Wildman–Crippen MR) is 131 cm³/mol. The second-order valence-corrected chi connectivity index (χ2v) is 14.7. The number of rotatable bonds is 1. The van der Waals surface area contributed by atoms with Crippen molar-refractivity contribution in [1.82, 2.24) is 0 Å². The molecule has 5 fully saturated rings. The van der Waals surface area contributed by atoms with E-state index < -0.39 is 0 Å². The first-order valence-electron chi connectivity index (χ1n) is 13.9. The Kier molecular flexibility index (Phi) is 4.52. The number of ketones is 1. The van der Waals surface area contributed by atoms with Gasteiger partial charge in [-0.25, -0.2) is 0 Å². The molecule has 0 bridgehead atoms. The molecule has 0 amide bonds. The van der Waals surface area contributed by atoms with Gasteiger partial charge in [0.15, 0.2) is 0 Å². The number of carbonyl (C=O) groups is 1. The van der Waals surface area contributed by atoms with Gasteiger partial charge < -0.3 is 9.47 Å². The second-order valence-electron chi connectivity index (χ2n) is 14.7. The minimum Gasteiger partial charge on any atom is -0.368 e. The van der Waals surface area contributed by atoms with Crippen LogP contribution < -0.4 is 0 Å². The molecule has 6 rings (SSSR count). The molecule has 0 N–H and O–H groups in total. The van der Waals surface area contributed by atoms with E-state index in [4.69, 9.17) is 9.47 Å². The molecule has 4 aliphatic carbocycles. The highest BCUT2D eigenvalue weighted by Crippen LogP contribution is 2.74. The number of Topliss-reactive ketones (excluding diaryl/α,β-unsaturated/α-hetero) is 1. The molecule has 0 radical (unpaired) electrons. The second kappa shape index (κ2) is 6.55. The summed E-state index contributed by atoms with van der Waals surface area (Å²) in [5.74, 6) is 2.33. The molecule has 6 aliphatic rings. The number of hydrogen-bond donors (Lipinski definition) is 0. The van der Waals surface area contributed by atoms with E-state index in [1.807, 2.05) is 0 Å². The fourth-order valence-corrected chi connectivity index (χ4v) is 10.6. The molecule has 2 saturated heterocycles. The van der Waals surface area contributed by atoms with Crippen LogP contribution >= 0.6 is 0 Å². The Labute approximate surface area is 201 Å². The van der Waals surface area contributed by atoms with Gasteiger partial charge in [0.1, 0.15) is 11.9 Å². The van der Waals surface area contributed by atoms with Gasteiger partial charge in [-0.15, -0.1) is 0 Å². The average molecular weight is 455 g/mol. The lowest BCUT2D eigenvalue weighted by atomic mass is 9.36. The van der Waals surface area contributed by atoms with Crippen LogP contribution in [0, 0.1) is 39.4 Å². The number of carbonyl (C=O) groups excluding carboxylic acids is 1. The number of epoxide rings is 1. The molecule has 9 atom stereocenters. The van der Waals surface area contributed by atoms with Gasteiger partial charge in [-0.3, -0.25) is 4.79 Å². The average Bonchev–Trinajstić information content (AvgIpc) is 3.23. The lowest BCUT2D eigenvalue weighted by Crippen LogP contribution is -2.62. The molecule has 184 valence electrons. The normalized spacial score (nSPS) is 54.2. The van der Waals surface area contributed by atoms with Crippen LogP contribution in [0.25, 0.3) is 0 Å². The van der Waals surface area contributed by atoms with Crippen LogP contribution in [0.4, 0.5) is 0 Å². The highest BCUT2D eigenvalue weighted by atomic mass is 16.6. The molecule has 0 aromatic rings. The minimum atomic E-state index is -0.167. The molecule has 3 heteroatoms. The predicted octanol–water partition coefficient (Wildman–Crippen LogP) is 6.89. The van der Waals surface area contributed by atoms with Gasteiger partial charge in [-0.2, -0.15) is 0 Å². The minimum absolute atomic E-state index is 0.0143. The zero-order valence-corrected chi connectivity index (χ0v) is 22.3. The molecular formula is C30H46O3. The summed E-state index contributed by atoms with van der Waals surface area (Å²) in [6.45, 7) is 19.2. The molecule has 0 spiro atoms. The van der Waals surface area contributed by atoms with E-state index in [0.29, 0.717) is 29.0 Å². The third-order valence-electron chi connectivity index (χ3n) is 12.5. The quantitative estimate of drug-likeness (QED) is 0.320. The Bertz CT molecular complexity index is 929.